The molecule has 2 aromatic rings. The molecule has 1 fully saturated rings. The number of aryl methyl sites for hydroxylation is 1. The summed E-state index contributed by atoms with van der Waals surface area (Å²) in [4.78, 5) is 16.8. The van der Waals surface area contributed by atoms with Crippen LogP contribution in [0.4, 0.5) is 0 Å². The fourth-order valence-electron chi connectivity index (χ4n) is 3.28. The molecule has 1 amide bonds. The molecular weight excluding hydrogens is 334 g/mol. The maximum Gasteiger partial charge on any atom is 0.244 e. The quantitative estimate of drug-likeness (QED) is 0.800. The van der Waals surface area contributed by atoms with Gasteiger partial charge in [-0.05, 0) is 36.6 Å². The highest BCUT2D eigenvalue weighted by Gasteiger charge is 2.40. The van der Waals surface area contributed by atoms with Gasteiger partial charge in [0.15, 0.2) is 17.3 Å². The van der Waals surface area contributed by atoms with Crippen molar-refractivity contribution in [2.45, 2.75) is 38.1 Å². The minimum absolute atomic E-state index is 0.191. The Morgan fingerprint density at radius 2 is 1.96 bits per heavy atom. The molecule has 0 bridgehead atoms. The highest BCUT2D eigenvalue weighted by Crippen LogP contribution is 2.37. The number of nitrogens with one attached hydrogen (secondary N) is 1. The second-order valence-corrected chi connectivity index (χ2v) is 6.36. The van der Waals surface area contributed by atoms with E-state index in [1.165, 1.54) is 6.08 Å². The van der Waals surface area contributed by atoms with Gasteiger partial charge in [0.05, 0.1) is 14.2 Å². The standard InChI is InChI=1S/C19H23N3O4/c1-13-20-18(22-26-13)19(10-4-5-11-19)21-17(23)9-7-14-6-8-15(24-2)16(12-14)25-3/h6-9,12H,4-5,10-11H2,1-3H3,(H,21,23)/b9-7+. The van der Waals surface area contributed by atoms with Gasteiger partial charge in [0.1, 0.15) is 5.54 Å². The van der Waals surface area contributed by atoms with Gasteiger partial charge in [-0.25, -0.2) is 0 Å². The van der Waals surface area contributed by atoms with Crippen LogP contribution in [-0.2, 0) is 10.3 Å². The van der Waals surface area contributed by atoms with Gasteiger partial charge in [0.2, 0.25) is 11.8 Å². The molecule has 1 aliphatic carbocycles. The number of nitrogens with zero attached hydrogens (tertiary/aromatic N) is 2. The van der Waals surface area contributed by atoms with E-state index < -0.39 is 5.54 Å². The SMILES string of the molecule is COc1ccc(/C=C/C(=O)NC2(c3noc(C)n3)CCCC2)cc1OC. The third-order valence-electron chi connectivity index (χ3n) is 4.61. The second kappa shape index (κ2) is 7.59. The van der Waals surface area contributed by atoms with Crippen molar-refractivity contribution in [2.75, 3.05) is 14.2 Å². The third-order valence-corrected chi connectivity index (χ3v) is 4.61. The van der Waals surface area contributed by atoms with Crippen molar-refractivity contribution in [3.63, 3.8) is 0 Å². The van der Waals surface area contributed by atoms with Crippen LogP contribution in [0.15, 0.2) is 28.8 Å². The van der Waals surface area contributed by atoms with E-state index in [2.05, 4.69) is 15.5 Å². The Bertz CT molecular complexity index is 807. The largest absolute Gasteiger partial charge is 0.493 e. The number of carbonyl (C=O) groups excluding carboxylic acids is 1. The maximum atomic E-state index is 12.5. The summed E-state index contributed by atoms with van der Waals surface area (Å²) < 4.78 is 15.6. The predicted molar refractivity (Wildman–Crippen MR) is 95.9 cm³/mol. The number of rotatable bonds is 6. The molecule has 1 aromatic heterocycles. The molecule has 0 unspecified atom stereocenters. The van der Waals surface area contributed by atoms with Gasteiger partial charge < -0.3 is 19.3 Å². The number of carbonyl (C=O) groups is 1. The molecule has 1 aromatic carbocycles. The van der Waals surface area contributed by atoms with Crippen molar-refractivity contribution in [3.8, 4) is 11.5 Å². The molecule has 26 heavy (non-hydrogen) atoms. The normalized spacial score (nSPS) is 16.0. The Labute approximate surface area is 152 Å². The molecule has 1 heterocycles. The van der Waals surface area contributed by atoms with E-state index in [-0.39, 0.29) is 5.91 Å². The smallest absolute Gasteiger partial charge is 0.244 e. The lowest BCUT2D eigenvalue weighted by Crippen LogP contribution is -2.44. The zero-order chi connectivity index (χ0) is 18.6. The molecule has 138 valence electrons. The van der Waals surface area contributed by atoms with E-state index in [0.29, 0.717) is 23.2 Å². The minimum atomic E-state index is -0.545. The fourth-order valence-corrected chi connectivity index (χ4v) is 3.28. The molecule has 0 aliphatic heterocycles. The van der Waals surface area contributed by atoms with Crippen LogP contribution in [0.5, 0.6) is 11.5 Å². The van der Waals surface area contributed by atoms with E-state index in [1.807, 2.05) is 12.1 Å². The summed E-state index contributed by atoms with van der Waals surface area (Å²) in [6.45, 7) is 1.75. The highest BCUT2D eigenvalue weighted by molar-refractivity contribution is 5.92. The predicted octanol–water partition coefficient (Wildman–Crippen LogP) is 2.99. The Kier molecular flexibility index (Phi) is 5.25. The van der Waals surface area contributed by atoms with Crippen molar-refractivity contribution in [1.29, 1.82) is 0 Å². The summed E-state index contributed by atoms with van der Waals surface area (Å²) in [7, 11) is 3.16. The molecule has 1 aliphatic rings. The van der Waals surface area contributed by atoms with Crippen LogP contribution in [0.3, 0.4) is 0 Å². The number of benzene rings is 1. The van der Waals surface area contributed by atoms with Crippen molar-refractivity contribution in [3.05, 3.63) is 41.6 Å². The van der Waals surface area contributed by atoms with Gasteiger partial charge in [-0.2, -0.15) is 4.98 Å². The van der Waals surface area contributed by atoms with E-state index in [4.69, 9.17) is 14.0 Å². The zero-order valence-corrected chi connectivity index (χ0v) is 15.2. The summed E-state index contributed by atoms with van der Waals surface area (Å²) in [5, 5.41) is 7.10. The number of hydrogen-bond acceptors (Lipinski definition) is 6. The number of ether oxygens (including phenoxy) is 2. The lowest BCUT2D eigenvalue weighted by molar-refractivity contribution is -0.118. The second-order valence-electron chi connectivity index (χ2n) is 6.36. The summed E-state index contributed by atoms with van der Waals surface area (Å²) in [6.07, 6.45) is 6.90. The first kappa shape index (κ1) is 18.0. The molecular formula is C19H23N3O4. The maximum absolute atomic E-state index is 12.5. The van der Waals surface area contributed by atoms with Crippen molar-refractivity contribution >= 4 is 12.0 Å². The van der Waals surface area contributed by atoms with Crippen molar-refractivity contribution in [2.24, 2.45) is 0 Å². The lowest BCUT2D eigenvalue weighted by atomic mass is 9.96. The summed E-state index contributed by atoms with van der Waals surface area (Å²) in [5.41, 5.74) is 0.297. The summed E-state index contributed by atoms with van der Waals surface area (Å²) in [5.74, 6) is 2.13. The Balaban J connectivity index is 1.74. The minimum Gasteiger partial charge on any atom is -0.493 e. The van der Waals surface area contributed by atoms with E-state index in [1.54, 1.807) is 33.3 Å². The average Bonchev–Trinajstić information content (AvgIpc) is 3.29. The van der Waals surface area contributed by atoms with Crippen LogP contribution in [0, 0.1) is 6.92 Å². The first-order valence-electron chi connectivity index (χ1n) is 8.59. The Morgan fingerprint density at radius 3 is 2.58 bits per heavy atom. The average molecular weight is 357 g/mol. The van der Waals surface area contributed by atoms with Crippen LogP contribution in [0.25, 0.3) is 6.08 Å². The van der Waals surface area contributed by atoms with Crippen molar-refractivity contribution < 1.29 is 18.8 Å². The highest BCUT2D eigenvalue weighted by atomic mass is 16.5. The van der Waals surface area contributed by atoms with Crippen LogP contribution >= 0.6 is 0 Å². The first-order valence-corrected chi connectivity index (χ1v) is 8.59. The van der Waals surface area contributed by atoms with Crippen LogP contribution in [0.2, 0.25) is 0 Å². The fraction of sp³-hybridized carbons (Fsp3) is 0.421. The Hall–Kier alpha value is -2.83. The number of hydrogen-bond donors (Lipinski definition) is 1. The van der Waals surface area contributed by atoms with Crippen LogP contribution in [-0.4, -0.2) is 30.3 Å². The van der Waals surface area contributed by atoms with Gasteiger partial charge in [-0.1, -0.05) is 24.1 Å². The van der Waals surface area contributed by atoms with Gasteiger partial charge >= 0.3 is 0 Å². The molecule has 7 nitrogen and oxygen atoms in total. The molecule has 0 saturated heterocycles. The van der Waals surface area contributed by atoms with Gasteiger partial charge in [0, 0.05) is 13.0 Å². The van der Waals surface area contributed by atoms with E-state index in [0.717, 1.165) is 31.2 Å². The summed E-state index contributed by atoms with van der Waals surface area (Å²) >= 11 is 0. The number of methoxy groups -OCH3 is 2. The van der Waals surface area contributed by atoms with Crippen molar-refractivity contribution in [1.82, 2.24) is 15.5 Å². The molecule has 0 spiro atoms. The Morgan fingerprint density at radius 1 is 1.23 bits per heavy atom. The molecule has 7 heteroatoms. The van der Waals surface area contributed by atoms with E-state index >= 15 is 0 Å². The number of amides is 1. The lowest BCUT2D eigenvalue weighted by Gasteiger charge is -2.25. The molecule has 3 rings (SSSR count). The van der Waals surface area contributed by atoms with E-state index in [9.17, 15) is 4.79 Å². The summed E-state index contributed by atoms with van der Waals surface area (Å²) in [6, 6.07) is 5.48. The molecule has 0 radical (unpaired) electrons. The van der Waals surface area contributed by atoms with Crippen LogP contribution in [0.1, 0.15) is 43.0 Å². The first-order chi connectivity index (χ1) is 12.6. The van der Waals surface area contributed by atoms with Gasteiger partial charge in [-0.3, -0.25) is 4.79 Å². The third kappa shape index (κ3) is 3.71. The monoisotopic (exact) mass is 357 g/mol. The van der Waals surface area contributed by atoms with Gasteiger partial charge in [0.25, 0.3) is 0 Å². The van der Waals surface area contributed by atoms with Gasteiger partial charge in [-0.15, -0.1) is 0 Å². The van der Waals surface area contributed by atoms with Crippen LogP contribution < -0.4 is 14.8 Å². The molecule has 0 atom stereocenters. The number of aromatic nitrogens is 2. The molecule has 1 saturated carbocycles. The topological polar surface area (TPSA) is 86.5 Å². The zero-order valence-electron chi connectivity index (χ0n) is 15.2. The molecule has 1 N–H and O–H groups in total.